The number of rotatable bonds is 2. The summed E-state index contributed by atoms with van der Waals surface area (Å²) in [6.07, 6.45) is 7.70. The fourth-order valence-corrected chi connectivity index (χ4v) is 1.88. The van der Waals surface area contributed by atoms with Crippen molar-refractivity contribution in [2.45, 2.75) is 38.5 Å². The highest BCUT2D eigenvalue weighted by Gasteiger charge is 2.07. The lowest BCUT2D eigenvalue weighted by atomic mass is 9.93. The van der Waals surface area contributed by atoms with Crippen LogP contribution in [0.4, 0.5) is 0 Å². The van der Waals surface area contributed by atoms with E-state index in [0.29, 0.717) is 13.1 Å². The molecule has 70 valence electrons. The van der Waals surface area contributed by atoms with Gasteiger partial charge in [0.25, 0.3) is 0 Å². The fourth-order valence-electron chi connectivity index (χ4n) is 1.88. The molecule has 0 saturated carbocycles. The summed E-state index contributed by atoms with van der Waals surface area (Å²) in [5, 5.41) is 0. The molecule has 0 saturated heterocycles. The van der Waals surface area contributed by atoms with E-state index in [-0.39, 0.29) is 0 Å². The van der Waals surface area contributed by atoms with Crippen LogP contribution in [0.5, 0.6) is 0 Å². The van der Waals surface area contributed by atoms with Gasteiger partial charge < -0.3 is 11.5 Å². The topological polar surface area (TPSA) is 52.0 Å². The zero-order chi connectivity index (χ0) is 8.81. The van der Waals surface area contributed by atoms with E-state index in [0.717, 1.165) is 0 Å². The van der Waals surface area contributed by atoms with E-state index in [1.54, 1.807) is 0 Å². The van der Waals surface area contributed by atoms with Gasteiger partial charge in [0, 0.05) is 13.1 Å². The standard InChI is InChI=1S/C10H20N2/c11-7-9-5-3-1-2-4-6-10(9)8-12/h1-8,11-12H2/b10-9-. The van der Waals surface area contributed by atoms with Crippen LogP contribution in [0.2, 0.25) is 0 Å². The van der Waals surface area contributed by atoms with Crippen molar-refractivity contribution in [2.24, 2.45) is 11.5 Å². The first-order chi connectivity index (χ1) is 5.88. The first kappa shape index (κ1) is 9.75. The molecule has 0 heterocycles. The van der Waals surface area contributed by atoms with E-state index in [1.807, 2.05) is 0 Å². The number of hydrogen-bond acceptors (Lipinski definition) is 2. The largest absolute Gasteiger partial charge is 0.327 e. The molecule has 0 aliphatic heterocycles. The van der Waals surface area contributed by atoms with Gasteiger partial charge in [-0.2, -0.15) is 0 Å². The minimum Gasteiger partial charge on any atom is -0.327 e. The van der Waals surface area contributed by atoms with Crippen LogP contribution in [0.15, 0.2) is 11.1 Å². The van der Waals surface area contributed by atoms with Gasteiger partial charge in [0.15, 0.2) is 0 Å². The molecule has 0 atom stereocenters. The normalized spacial score (nSPS) is 26.5. The molecule has 0 aromatic carbocycles. The van der Waals surface area contributed by atoms with Crippen LogP contribution >= 0.6 is 0 Å². The van der Waals surface area contributed by atoms with E-state index < -0.39 is 0 Å². The zero-order valence-corrected chi connectivity index (χ0v) is 7.81. The molecule has 0 unspecified atom stereocenters. The molecule has 0 spiro atoms. The van der Waals surface area contributed by atoms with Crippen molar-refractivity contribution < 1.29 is 0 Å². The summed E-state index contributed by atoms with van der Waals surface area (Å²) in [4.78, 5) is 0. The number of nitrogens with two attached hydrogens (primary N) is 2. The van der Waals surface area contributed by atoms with Gasteiger partial charge in [0.1, 0.15) is 0 Å². The van der Waals surface area contributed by atoms with E-state index in [2.05, 4.69) is 0 Å². The second-order valence-electron chi connectivity index (χ2n) is 3.53. The molecule has 0 fully saturated rings. The highest BCUT2D eigenvalue weighted by atomic mass is 14.6. The summed E-state index contributed by atoms with van der Waals surface area (Å²) in [5.41, 5.74) is 14.2. The molecule has 12 heavy (non-hydrogen) atoms. The van der Waals surface area contributed by atoms with Gasteiger partial charge >= 0.3 is 0 Å². The lowest BCUT2D eigenvalue weighted by Crippen LogP contribution is -2.14. The molecule has 4 N–H and O–H groups in total. The molecule has 2 heteroatoms. The predicted octanol–water partition coefficient (Wildman–Crippen LogP) is 1.55. The van der Waals surface area contributed by atoms with Crippen molar-refractivity contribution in [1.82, 2.24) is 0 Å². The van der Waals surface area contributed by atoms with Crippen molar-refractivity contribution >= 4 is 0 Å². The summed E-state index contributed by atoms with van der Waals surface area (Å²) >= 11 is 0. The van der Waals surface area contributed by atoms with E-state index in [1.165, 1.54) is 49.7 Å². The Morgan fingerprint density at radius 3 is 1.50 bits per heavy atom. The Hall–Kier alpha value is -0.340. The smallest absolute Gasteiger partial charge is 0.0140 e. The molecular formula is C10H20N2. The third kappa shape index (κ3) is 2.61. The summed E-state index contributed by atoms with van der Waals surface area (Å²) < 4.78 is 0. The Morgan fingerprint density at radius 1 is 0.750 bits per heavy atom. The molecule has 0 aromatic rings. The second kappa shape index (κ2) is 5.33. The molecule has 0 aromatic heterocycles. The molecule has 0 amide bonds. The van der Waals surface area contributed by atoms with Crippen LogP contribution in [0.3, 0.4) is 0 Å². The predicted molar refractivity (Wildman–Crippen MR) is 52.8 cm³/mol. The first-order valence-corrected chi connectivity index (χ1v) is 4.98. The SMILES string of the molecule is NC/C1=C(\CN)CCCCCC1. The van der Waals surface area contributed by atoms with Crippen molar-refractivity contribution in [3.05, 3.63) is 11.1 Å². The van der Waals surface area contributed by atoms with Crippen LogP contribution in [-0.2, 0) is 0 Å². The van der Waals surface area contributed by atoms with Gasteiger partial charge in [-0.15, -0.1) is 0 Å². The highest BCUT2D eigenvalue weighted by Crippen LogP contribution is 2.21. The lowest BCUT2D eigenvalue weighted by Gasteiger charge is -2.15. The van der Waals surface area contributed by atoms with Crippen molar-refractivity contribution in [1.29, 1.82) is 0 Å². The summed E-state index contributed by atoms with van der Waals surface area (Å²) in [7, 11) is 0. The van der Waals surface area contributed by atoms with Gasteiger partial charge in [-0.3, -0.25) is 0 Å². The van der Waals surface area contributed by atoms with Crippen LogP contribution < -0.4 is 11.5 Å². The summed E-state index contributed by atoms with van der Waals surface area (Å²) in [6.45, 7) is 1.43. The molecule has 0 radical (unpaired) electrons. The van der Waals surface area contributed by atoms with Crippen LogP contribution in [0.25, 0.3) is 0 Å². The summed E-state index contributed by atoms with van der Waals surface area (Å²) in [5.74, 6) is 0. The van der Waals surface area contributed by atoms with Crippen LogP contribution in [0.1, 0.15) is 38.5 Å². The molecule has 1 aliphatic rings. The van der Waals surface area contributed by atoms with E-state index in [4.69, 9.17) is 11.5 Å². The summed E-state index contributed by atoms with van der Waals surface area (Å²) in [6, 6.07) is 0. The Balaban J connectivity index is 2.63. The second-order valence-corrected chi connectivity index (χ2v) is 3.53. The molecule has 1 aliphatic carbocycles. The first-order valence-electron chi connectivity index (χ1n) is 4.98. The van der Waals surface area contributed by atoms with Gasteiger partial charge in [0.05, 0.1) is 0 Å². The minimum atomic E-state index is 0.715. The third-order valence-electron chi connectivity index (χ3n) is 2.70. The average molecular weight is 168 g/mol. The van der Waals surface area contributed by atoms with E-state index >= 15 is 0 Å². The Morgan fingerprint density at radius 2 is 1.17 bits per heavy atom. The number of hydrogen-bond donors (Lipinski definition) is 2. The van der Waals surface area contributed by atoms with Crippen LogP contribution in [0, 0.1) is 0 Å². The van der Waals surface area contributed by atoms with Crippen molar-refractivity contribution in [3.8, 4) is 0 Å². The Bertz CT molecular complexity index is 143. The van der Waals surface area contributed by atoms with Gasteiger partial charge in [-0.05, 0) is 25.7 Å². The van der Waals surface area contributed by atoms with Gasteiger partial charge in [0.2, 0.25) is 0 Å². The van der Waals surface area contributed by atoms with Crippen molar-refractivity contribution in [2.75, 3.05) is 13.1 Å². The quantitative estimate of drug-likeness (QED) is 0.615. The highest BCUT2D eigenvalue weighted by molar-refractivity contribution is 5.17. The van der Waals surface area contributed by atoms with Crippen LogP contribution in [-0.4, -0.2) is 13.1 Å². The maximum absolute atomic E-state index is 5.68. The Labute approximate surface area is 75.0 Å². The maximum atomic E-state index is 5.68. The average Bonchev–Trinajstić information content (AvgIpc) is 2.05. The molecule has 2 nitrogen and oxygen atoms in total. The zero-order valence-electron chi connectivity index (χ0n) is 7.81. The molecular weight excluding hydrogens is 148 g/mol. The Kier molecular flexibility index (Phi) is 4.33. The lowest BCUT2D eigenvalue weighted by molar-refractivity contribution is 0.602. The molecule has 0 bridgehead atoms. The van der Waals surface area contributed by atoms with E-state index in [9.17, 15) is 0 Å². The van der Waals surface area contributed by atoms with Gasteiger partial charge in [-0.25, -0.2) is 0 Å². The minimum absolute atomic E-state index is 0.715. The molecule has 1 rings (SSSR count). The maximum Gasteiger partial charge on any atom is 0.0140 e. The fraction of sp³-hybridized carbons (Fsp3) is 0.800. The van der Waals surface area contributed by atoms with Gasteiger partial charge in [-0.1, -0.05) is 24.0 Å². The third-order valence-corrected chi connectivity index (χ3v) is 2.70. The van der Waals surface area contributed by atoms with Crippen molar-refractivity contribution in [3.63, 3.8) is 0 Å². The monoisotopic (exact) mass is 168 g/mol.